The van der Waals surface area contributed by atoms with E-state index in [-0.39, 0.29) is 17.7 Å². The van der Waals surface area contributed by atoms with E-state index in [0.29, 0.717) is 10.8 Å². The summed E-state index contributed by atoms with van der Waals surface area (Å²) in [6.07, 6.45) is 4.22. The van der Waals surface area contributed by atoms with Crippen LogP contribution in [-0.2, 0) is 0 Å². The van der Waals surface area contributed by atoms with Crippen LogP contribution < -0.4 is 10.9 Å². The van der Waals surface area contributed by atoms with E-state index in [1.807, 2.05) is 6.07 Å². The van der Waals surface area contributed by atoms with Gasteiger partial charge in [-0.3, -0.25) is 4.79 Å². The normalized spacial score (nSPS) is 21.7. The van der Waals surface area contributed by atoms with Crippen LogP contribution in [0.2, 0.25) is 0 Å². The number of carbonyl (C=O) groups is 1. The average molecular weight is 364 g/mol. The van der Waals surface area contributed by atoms with Gasteiger partial charge in [-0.2, -0.15) is 0 Å². The first kappa shape index (κ1) is 15.3. The van der Waals surface area contributed by atoms with Crippen LogP contribution in [0.25, 0.3) is 10.8 Å². The van der Waals surface area contributed by atoms with Gasteiger partial charge in [0.05, 0.1) is 5.39 Å². The summed E-state index contributed by atoms with van der Waals surface area (Å²) in [5.41, 5.74) is -0.485. The molecule has 22 heavy (non-hydrogen) atoms. The summed E-state index contributed by atoms with van der Waals surface area (Å²) in [6, 6.07) is 7.14. The van der Waals surface area contributed by atoms with Crippen molar-refractivity contribution >= 4 is 32.6 Å². The molecule has 1 heterocycles. The zero-order valence-corrected chi connectivity index (χ0v) is 14.0. The predicted molar refractivity (Wildman–Crippen MR) is 89.1 cm³/mol. The van der Waals surface area contributed by atoms with Crippen LogP contribution in [0.5, 0.6) is 0 Å². The van der Waals surface area contributed by atoms with Crippen molar-refractivity contribution < 1.29 is 9.21 Å². The maximum atomic E-state index is 12.3. The van der Waals surface area contributed by atoms with Crippen molar-refractivity contribution in [3.05, 3.63) is 44.9 Å². The Morgan fingerprint density at radius 1 is 1.23 bits per heavy atom. The number of fused-ring (bicyclic) bond motifs is 1. The van der Waals surface area contributed by atoms with Gasteiger partial charge < -0.3 is 9.73 Å². The quantitative estimate of drug-likeness (QED) is 0.880. The van der Waals surface area contributed by atoms with Gasteiger partial charge in [-0.1, -0.05) is 28.9 Å². The summed E-state index contributed by atoms with van der Waals surface area (Å²) < 4.78 is 5.99. The molecule has 0 bridgehead atoms. The molecule has 0 unspecified atom stereocenters. The van der Waals surface area contributed by atoms with Gasteiger partial charge in [0.15, 0.2) is 5.76 Å². The first-order chi connectivity index (χ1) is 10.5. The highest BCUT2D eigenvalue weighted by atomic mass is 79.9. The van der Waals surface area contributed by atoms with Crippen molar-refractivity contribution in [1.29, 1.82) is 0 Å². The Morgan fingerprint density at radius 2 is 1.95 bits per heavy atom. The van der Waals surface area contributed by atoms with Crippen LogP contribution in [0.15, 0.2) is 37.9 Å². The van der Waals surface area contributed by atoms with Gasteiger partial charge >= 0.3 is 5.63 Å². The molecular formula is C17H18BrNO3. The van der Waals surface area contributed by atoms with E-state index in [1.54, 1.807) is 18.2 Å². The second-order valence-corrected chi connectivity index (χ2v) is 6.98. The molecule has 1 aromatic heterocycles. The van der Waals surface area contributed by atoms with Crippen molar-refractivity contribution in [3.8, 4) is 0 Å². The second kappa shape index (κ2) is 6.24. The van der Waals surface area contributed by atoms with Crippen molar-refractivity contribution in [1.82, 2.24) is 5.32 Å². The third kappa shape index (κ3) is 3.24. The number of hydrogen-bond donors (Lipinski definition) is 1. The molecule has 0 radical (unpaired) electrons. The minimum atomic E-state index is -0.485. The second-order valence-electron chi connectivity index (χ2n) is 6.06. The summed E-state index contributed by atoms with van der Waals surface area (Å²) in [5.74, 6) is 0.505. The topological polar surface area (TPSA) is 59.3 Å². The Bertz CT molecular complexity index is 760. The number of nitrogens with one attached hydrogen (secondary N) is 1. The van der Waals surface area contributed by atoms with E-state index < -0.39 is 5.63 Å². The average Bonchev–Trinajstić information content (AvgIpc) is 2.50. The number of amides is 1. The van der Waals surface area contributed by atoms with E-state index in [9.17, 15) is 9.59 Å². The van der Waals surface area contributed by atoms with Crippen molar-refractivity contribution in [2.45, 2.75) is 38.6 Å². The van der Waals surface area contributed by atoms with Crippen molar-refractivity contribution in [2.75, 3.05) is 0 Å². The molecule has 116 valence electrons. The Kier molecular flexibility index (Phi) is 4.34. The highest BCUT2D eigenvalue weighted by Crippen LogP contribution is 2.24. The molecule has 5 heteroatoms. The number of carbonyl (C=O) groups excluding carboxylic acids is 1. The van der Waals surface area contributed by atoms with Gasteiger partial charge in [0, 0.05) is 10.5 Å². The molecule has 2 aromatic rings. The lowest BCUT2D eigenvalue weighted by atomic mass is 9.87. The van der Waals surface area contributed by atoms with Crippen LogP contribution in [-0.4, -0.2) is 11.9 Å². The number of halogens is 1. The summed E-state index contributed by atoms with van der Waals surface area (Å²) >= 11 is 3.32. The molecule has 1 aromatic carbocycles. The molecule has 4 nitrogen and oxygen atoms in total. The van der Waals surface area contributed by atoms with Crippen LogP contribution in [0.3, 0.4) is 0 Å². The van der Waals surface area contributed by atoms with Crippen molar-refractivity contribution in [3.63, 3.8) is 0 Å². The first-order valence-electron chi connectivity index (χ1n) is 7.57. The fourth-order valence-corrected chi connectivity index (χ4v) is 3.29. The Hall–Kier alpha value is -1.62. The molecule has 0 atom stereocenters. The van der Waals surface area contributed by atoms with Crippen molar-refractivity contribution in [2.24, 2.45) is 5.92 Å². The number of hydrogen-bond acceptors (Lipinski definition) is 3. The van der Waals surface area contributed by atoms with Gasteiger partial charge in [0.1, 0.15) is 0 Å². The Labute approximate surface area is 137 Å². The molecule has 1 aliphatic rings. The zero-order valence-electron chi connectivity index (χ0n) is 12.4. The Morgan fingerprint density at radius 3 is 2.68 bits per heavy atom. The van der Waals surface area contributed by atoms with Gasteiger partial charge in [-0.25, -0.2) is 4.79 Å². The molecule has 1 N–H and O–H groups in total. The van der Waals surface area contributed by atoms with E-state index in [4.69, 9.17) is 4.42 Å². The van der Waals surface area contributed by atoms with E-state index in [2.05, 4.69) is 28.2 Å². The van der Waals surface area contributed by atoms with E-state index in [1.165, 1.54) is 0 Å². The molecule has 1 saturated carbocycles. The molecule has 1 amide bonds. The van der Waals surface area contributed by atoms with Crippen LogP contribution in [0.1, 0.15) is 43.2 Å². The smallest absolute Gasteiger partial charge is 0.344 e. The number of benzene rings is 1. The van der Waals surface area contributed by atoms with Crippen LogP contribution in [0.4, 0.5) is 0 Å². The maximum Gasteiger partial charge on any atom is 0.344 e. The number of rotatable bonds is 2. The minimum absolute atomic E-state index is 0.0819. The van der Waals surface area contributed by atoms with Crippen LogP contribution >= 0.6 is 15.9 Å². The lowest BCUT2D eigenvalue weighted by Gasteiger charge is -2.26. The monoisotopic (exact) mass is 363 g/mol. The lowest BCUT2D eigenvalue weighted by Crippen LogP contribution is -2.37. The van der Waals surface area contributed by atoms with E-state index in [0.717, 1.165) is 36.1 Å². The largest absolute Gasteiger partial charge is 0.417 e. The predicted octanol–water partition coefficient (Wildman–Crippen LogP) is 3.86. The maximum absolute atomic E-state index is 12.3. The fraction of sp³-hybridized carbons (Fsp3) is 0.412. The molecule has 0 aliphatic heterocycles. The Balaban J connectivity index is 1.82. The summed E-state index contributed by atoms with van der Waals surface area (Å²) in [6.45, 7) is 2.23. The molecule has 0 spiro atoms. The summed E-state index contributed by atoms with van der Waals surface area (Å²) in [4.78, 5) is 24.3. The first-order valence-corrected chi connectivity index (χ1v) is 8.36. The minimum Gasteiger partial charge on any atom is -0.417 e. The van der Waals surface area contributed by atoms with E-state index >= 15 is 0 Å². The van der Waals surface area contributed by atoms with Crippen LogP contribution in [0, 0.1) is 5.92 Å². The lowest BCUT2D eigenvalue weighted by molar-refractivity contribution is 0.0891. The molecule has 1 fully saturated rings. The van der Waals surface area contributed by atoms with Gasteiger partial charge in [-0.15, -0.1) is 0 Å². The molecule has 0 saturated heterocycles. The zero-order chi connectivity index (χ0) is 15.7. The molecular weight excluding hydrogens is 346 g/mol. The fourth-order valence-electron chi connectivity index (χ4n) is 2.93. The summed E-state index contributed by atoms with van der Waals surface area (Å²) in [5, 5.41) is 4.16. The molecule has 1 aliphatic carbocycles. The third-order valence-electron chi connectivity index (χ3n) is 4.30. The third-order valence-corrected chi connectivity index (χ3v) is 4.79. The highest BCUT2D eigenvalue weighted by Gasteiger charge is 2.21. The standard InChI is InChI=1S/C17H18BrNO3/c1-10-2-6-13(7-3-10)19-16(20)15-8-11-4-5-12(18)9-14(11)17(21)22-15/h4-5,8-10,13H,2-3,6-7H2,1H3,(H,19,20). The summed E-state index contributed by atoms with van der Waals surface area (Å²) in [7, 11) is 0. The molecule has 3 rings (SSSR count). The van der Waals surface area contributed by atoms with Gasteiger partial charge in [-0.05, 0) is 55.2 Å². The van der Waals surface area contributed by atoms with Gasteiger partial charge in [0.2, 0.25) is 0 Å². The SMILES string of the molecule is CC1CCC(NC(=O)c2cc3ccc(Br)cc3c(=O)o2)CC1. The highest BCUT2D eigenvalue weighted by molar-refractivity contribution is 9.10. The van der Waals surface area contributed by atoms with Gasteiger partial charge in [0.25, 0.3) is 5.91 Å².